The van der Waals surface area contributed by atoms with Gasteiger partial charge >= 0.3 is 6.09 Å². The number of ether oxygens (including phenoxy) is 1. The van der Waals surface area contributed by atoms with Crippen LogP contribution >= 0.6 is 0 Å². The van der Waals surface area contributed by atoms with E-state index in [0.29, 0.717) is 31.4 Å². The topological polar surface area (TPSA) is 53.3 Å². The van der Waals surface area contributed by atoms with Gasteiger partial charge in [-0.05, 0) is 57.6 Å². The number of carbonyl (C=O) groups is 1. The highest BCUT2D eigenvalue weighted by molar-refractivity contribution is 5.68. The van der Waals surface area contributed by atoms with E-state index in [9.17, 15) is 14.4 Å². The third-order valence-corrected chi connectivity index (χ3v) is 4.36. The fourth-order valence-electron chi connectivity index (χ4n) is 3.05. The number of nitrogens with zero attached hydrogens (tertiary/aromatic N) is 2. The van der Waals surface area contributed by atoms with Crippen molar-refractivity contribution in [2.24, 2.45) is 5.92 Å². The predicted octanol–water partition coefficient (Wildman–Crippen LogP) is 5.01. The summed E-state index contributed by atoms with van der Waals surface area (Å²) in [6.07, 6.45) is 2.18. The van der Waals surface area contributed by atoms with Crippen LogP contribution in [0.2, 0.25) is 0 Å². The van der Waals surface area contributed by atoms with Gasteiger partial charge < -0.3 is 9.64 Å². The summed E-state index contributed by atoms with van der Waals surface area (Å²) in [5, 5.41) is 9.18. The van der Waals surface area contributed by atoms with Crippen molar-refractivity contribution in [3.05, 3.63) is 47.3 Å². The lowest BCUT2D eigenvalue weighted by Gasteiger charge is -2.27. The highest BCUT2D eigenvalue weighted by atomic mass is 19.1. The van der Waals surface area contributed by atoms with E-state index >= 15 is 0 Å². The van der Waals surface area contributed by atoms with Crippen LogP contribution in [-0.4, -0.2) is 29.7 Å². The number of amides is 1. The van der Waals surface area contributed by atoms with Crippen LogP contribution in [-0.2, 0) is 11.2 Å². The summed E-state index contributed by atoms with van der Waals surface area (Å²) in [5.74, 6) is -0.738. The van der Waals surface area contributed by atoms with Crippen LogP contribution in [0.25, 0.3) is 0 Å². The monoisotopic (exact) mass is 358 g/mol. The van der Waals surface area contributed by atoms with Crippen molar-refractivity contribution < 1.29 is 13.9 Å². The molecule has 1 amide bonds. The molecule has 0 bridgehead atoms. The smallest absolute Gasteiger partial charge is 0.410 e. The molecule has 0 aromatic heterocycles. The van der Waals surface area contributed by atoms with E-state index in [1.165, 1.54) is 4.90 Å². The predicted molar refractivity (Wildman–Crippen MR) is 99.0 cm³/mol. The fraction of sp³-hybridized carbons (Fsp3) is 0.524. The first kappa shape index (κ1) is 20.0. The highest BCUT2D eigenvalue weighted by Gasteiger charge is 2.28. The summed E-state index contributed by atoms with van der Waals surface area (Å²) in [4.78, 5) is 13.9. The van der Waals surface area contributed by atoms with E-state index in [2.05, 4.69) is 6.07 Å². The van der Waals surface area contributed by atoms with E-state index in [1.54, 1.807) is 20.8 Å². The summed E-state index contributed by atoms with van der Waals surface area (Å²) < 4.78 is 20.2. The Morgan fingerprint density at radius 2 is 2.04 bits per heavy atom. The molecule has 0 heterocycles. The molecule has 140 valence electrons. The van der Waals surface area contributed by atoms with Gasteiger partial charge in [-0.2, -0.15) is 5.26 Å². The lowest BCUT2D eigenvalue weighted by atomic mass is 10.0. The van der Waals surface area contributed by atoms with Gasteiger partial charge in [0.05, 0.1) is 18.5 Å². The van der Waals surface area contributed by atoms with Crippen LogP contribution in [0.5, 0.6) is 0 Å². The van der Waals surface area contributed by atoms with Crippen molar-refractivity contribution in [1.82, 2.24) is 4.90 Å². The molecule has 0 aliphatic heterocycles. The molecule has 5 heteroatoms. The number of hydrogen-bond acceptors (Lipinski definition) is 3. The van der Waals surface area contributed by atoms with Gasteiger partial charge in [-0.25, -0.2) is 9.18 Å². The number of carbonyl (C=O) groups excluding carboxylic acids is 1. The average molecular weight is 358 g/mol. The first-order valence-electron chi connectivity index (χ1n) is 9.09. The second-order valence-electron chi connectivity index (χ2n) is 7.64. The largest absolute Gasteiger partial charge is 0.444 e. The van der Waals surface area contributed by atoms with Gasteiger partial charge in [0.25, 0.3) is 0 Å². The molecule has 1 atom stereocenters. The van der Waals surface area contributed by atoms with Crippen LogP contribution in [0, 0.1) is 17.2 Å². The van der Waals surface area contributed by atoms with E-state index < -0.39 is 11.7 Å². The molecule has 0 N–H and O–H groups in total. The Kier molecular flexibility index (Phi) is 6.79. The number of benzene rings is 1. The van der Waals surface area contributed by atoms with Gasteiger partial charge in [-0.3, -0.25) is 0 Å². The van der Waals surface area contributed by atoms with Crippen molar-refractivity contribution in [2.45, 2.75) is 52.1 Å². The Hall–Kier alpha value is -2.35. The normalized spacial score (nSPS) is 19.0. The molecule has 1 aliphatic carbocycles. The van der Waals surface area contributed by atoms with Crippen molar-refractivity contribution in [1.29, 1.82) is 5.26 Å². The molecule has 1 fully saturated rings. The van der Waals surface area contributed by atoms with Crippen LogP contribution in [0.4, 0.5) is 9.18 Å². The second kappa shape index (κ2) is 8.84. The number of hydrogen-bond donors (Lipinski definition) is 0. The van der Waals surface area contributed by atoms with Crippen molar-refractivity contribution >= 4 is 6.09 Å². The zero-order valence-electron chi connectivity index (χ0n) is 15.8. The summed E-state index contributed by atoms with van der Waals surface area (Å²) in [5.41, 5.74) is 0.972. The van der Waals surface area contributed by atoms with Crippen LogP contribution in [0.3, 0.4) is 0 Å². The number of halogens is 1. The second-order valence-corrected chi connectivity index (χ2v) is 7.64. The zero-order valence-corrected chi connectivity index (χ0v) is 15.8. The lowest BCUT2D eigenvalue weighted by Crippen LogP contribution is -2.39. The minimum Gasteiger partial charge on any atom is -0.444 e. The Morgan fingerprint density at radius 3 is 2.65 bits per heavy atom. The van der Waals surface area contributed by atoms with Crippen LogP contribution in [0.1, 0.15) is 45.6 Å². The van der Waals surface area contributed by atoms with Gasteiger partial charge in [-0.1, -0.05) is 30.3 Å². The standard InChI is InChI=1S/C21H27FN2O2/c1-21(2,3)26-20(25)24(13-12-16-8-5-4-6-9-16)15-19(22)18-11-7-10-17(18)14-23/h4-6,8-9,17H,7,10-13,15H2,1-3H3/b19-18-. The van der Waals surface area contributed by atoms with Gasteiger partial charge in [0.1, 0.15) is 11.4 Å². The molecule has 1 saturated carbocycles. The van der Waals surface area contributed by atoms with Gasteiger partial charge in [0, 0.05) is 6.54 Å². The van der Waals surface area contributed by atoms with E-state index in [0.717, 1.165) is 12.0 Å². The molecule has 1 unspecified atom stereocenters. The molecule has 26 heavy (non-hydrogen) atoms. The van der Waals surface area contributed by atoms with E-state index in [-0.39, 0.29) is 18.3 Å². The van der Waals surface area contributed by atoms with Crippen molar-refractivity contribution in [3.8, 4) is 6.07 Å². The quantitative estimate of drug-likeness (QED) is 0.743. The maximum absolute atomic E-state index is 14.8. The minimum absolute atomic E-state index is 0.144. The van der Waals surface area contributed by atoms with Gasteiger partial charge in [0.15, 0.2) is 0 Å². The number of rotatable bonds is 5. The van der Waals surface area contributed by atoms with Crippen molar-refractivity contribution in [2.75, 3.05) is 13.1 Å². The lowest BCUT2D eigenvalue weighted by molar-refractivity contribution is 0.0259. The Labute approximate surface area is 155 Å². The van der Waals surface area contributed by atoms with E-state index in [1.807, 2.05) is 30.3 Å². The van der Waals surface area contributed by atoms with Crippen molar-refractivity contribution in [3.63, 3.8) is 0 Å². The first-order chi connectivity index (χ1) is 12.3. The molecule has 0 saturated heterocycles. The van der Waals surface area contributed by atoms with Gasteiger partial charge in [-0.15, -0.1) is 0 Å². The molecule has 1 aliphatic rings. The SMILES string of the molecule is CC(C)(C)OC(=O)N(CCc1ccccc1)C/C(F)=C1\CCCC1C#N. The molecule has 0 radical (unpaired) electrons. The summed E-state index contributed by atoms with van der Waals surface area (Å²) in [6, 6.07) is 11.9. The third-order valence-electron chi connectivity index (χ3n) is 4.36. The molecule has 1 aromatic rings. The molecular weight excluding hydrogens is 331 g/mol. The van der Waals surface area contributed by atoms with Gasteiger partial charge in [0.2, 0.25) is 0 Å². The highest BCUT2D eigenvalue weighted by Crippen LogP contribution is 2.33. The number of nitriles is 1. The van der Waals surface area contributed by atoms with E-state index in [4.69, 9.17) is 4.74 Å². The third kappa shape index (κ3) is 5.87. The fourth-order valence-corrected chi connectivity index (χ4v) is 3.05. The molecular formula is C21H27FN2O2. The van der Waals surface area contributed by atoms with Crippen LogP contribution in [0.15, 0.2) is 41.7 Å². The first-order valence-corrected chi connectivity index (χ1v) is 9.09. The average Bonchev–Trinajstić information content (AvgIpc) is 3.06. The summed E-state index contributed by atoms with van der Waals surface area (Å²) >= 11 is 0. The molecule has 0 spiro atoms. The molecule has 4 nitrogen and oxygen atoms in total. The summed E-state index contributed by atoms with van der Waals surface area (Å²) in [7, 11) is 0. The Bertz CT molecular complexity index is 686. The maximum Gasteiger partial charge on any atom is 0.410 e. The Morgan fingerprint density at radius 1 is 1.35 bits per heavy atom. The minimum atomic E-state index is -0.645. The van der Waals surface area contributed by atoms with Crippen LogP contribution < -0.4 is 0 Å². The molecule has 1 aromatic carbocycles. The maximum atomic E-state index is 14.8. The molecule has 2 rings (SSSR count). The Balaban J connectivity index is 2.13. The number of allylic oxidation sites excluding steroid dienone is 1. The zero-order chi connectivity index (χ0) is 19.2. The summed E-state index contributed by atoms with van der Waals surface area (Å²) in [6.45, 7) is 5.58.